The first-order chi connectivity index (χ1) is 11.8. The van der Waals surface area contributed by atoms with Crippen LogP contribution in [-0.2, 0) is 6.18 Å². The number of hydrogen-bond donors (Lipinski definition) is 3. The molecule has 0 radical (unpaired) electrons. The highest BCUT2D eigenvalue weighted by molar-refractivity contribution is 6.09. The number of H-pyrrole nitrogens is 1. The number of nitrogens with zero attached hydrogens (tertiary/aromatic N) is 1. The maximum atomic E-state index is 13.0. The van der Waals surface area contributed by atoms with Gasteiger partial charge in [0.25, 0.3) is 11.8 Å². The molecule has 0 aliphatic heterocycles. The molecule has 3 rings (SSSR count). The number of amides is 2. The fourth-order valence-corrected chi connectivity index (χ4v) is 2.44. The van der Waals surface area contributed by atoms with Gasteiger partial charge in [0, 0.05) is 5.69 Å². The first-order valence-electron chi connectivity index (χ1n) is 7.02. The number of nitrogens with two attached hydrogens (primary N) is 1. The molecule has 0 fully saturated rings. The Labute approximate surface area is 138 Å². The summed E-state index contributed by atoms with van der Waals surface area (Å²) in [5.41, 5.74) is 4.58. The average molecular weight is 348 g/mol. The van der Waals surface area contributed by atoms with E-state index in [1.165, 1.54) is 30.6 Å². The summed E-state index contributed by atoms with van der Waals surface area (Å²) in [6.45, 7) is 0. The predicted octanol–water partition coefficient (Wildman–Crippen LogP) is 2.93. The van der Waals surface area contributed by atoms with Crippen molar-refractivity contribution in [2.45, 2.75) is 6.18 Å². The fraction of sp³-hybridized carbons (Fsp3) is 0.0625. The van der Waals surface area contributed by atoms with Crippen molar-refractivity contribution in [1.29, 1.82) is 0 Å². The van der Waals surface area contributed by atoms with E-state index in [0.29, 0.717) is 11.0 Å². The smallest absolute Gasteiger partial charge is 0.366 e. The number of aromatic nitrogens is 2. The van der Waals surface area contributed by atoms with Gasteiger partial charge in [0.1, 0.15) is 5.52 Å². The van der Waals surface area contributed by atoms with Gasteiger partial charge in [0.15, 0.2) is 0 Å². The number of imidazole rings is 1. The second-order valence-corrected chi connectivity index (χ2v) is 5.18. The molecule has 25 heavy (non-hydrogen) atoms. The summed E-state index contributed by atoms with van der Waals surface area (Å²) < 4.78 is 39.1. The number of primary amides is 1. The lowest BCUT2D eigenvalue weighted by Crippen LogP contribution is -2.19. The molecule has 0 saturated carbocycles. The summed E-state index contributed by atoms with van der Waals surface area (Å²) in [5, 5.41) is 2.35. The van der Waals surface area contributed by atoms with Crippen molar-refractivity contribution >= 4 is 28.5 Å². The maximum Gasteiger partial charge on any atom is 0.417 e. The minimum atomic E-state index is -4.67. The van der Waals surface area contributed by atoms with Gasteiger partial charge in [-0.3, -0.25) is 9.59 Å². The molecule has 0 unspecified atom stereocenters. The summed E-state index contributed by atoms with van der Waals surface area (Å²) in [5.74, 6) is -1.73. The van der Waals surface area contributed by atoms with Gasteiger partial charge in [-0.05, 0) is 24.3 Å². The van der Waals surface area contributed by atoms with Crippen molar-refractivity contribution < 1.29 is 22.8 Å². The van der Waals surface area contributed by atoms with Gasteiger partial charge in [0.2, 0.25) is 0 Å². The minimum absolute atomic E-state index is 0.0400. The van der Waals surface area contributed by atoms with Crippen LogP contribution in [-0.4, -0.2) is 21.8 Å². The fourth-order valence-electron chi connectivity index (χ4n) is 2.44. The van der Waals surface area contributed by atoms with Gasteiger partial charge < -0.3 is 16.0 Å². The number of carbonyl (C=O) groups excluding carboxylic acids is 2. The number of fused-ring (bicyclic) bond motifs is 1. The Morgan fingerprint density at radius 3 is 2.52 bits per heavy atom. The normalized spacial score (nSPS) is 11.5. The molecule has 0 aliphatic carbocycles. The number of anilines is 1. The van der Waals surface area contributed by atoms with Gasteiger partial charge in [-0.2, -0.15) is 13.2 Å². The predicted molar refractivity (Wildman–Crippen MR) is 84.0 cm³/mol. The van der Waals surface area contributed by atoms with Crippen LogP contribution in [0.2, 0.25) is 0 Å². The van der Waals surface area contributed by atoms with E-state index >= 15 is 0 Å². The van der Waals surface area contributed by atoms with Crippen molar-refractivity contribution in [3.63, 3.8) is 0 Å². The van der Waals surface area contributed by atoms with E-state index in [4.69, 9.17) is 5.73 Å². The van der Waals surface area contributed by atoms with Gasteiger partial charge in [-0.15, -0.1) is 0 Å². The number of carbonyl (C=O) groups is 2. The molecule has 4 N–H and O–H groups in total. The molecule has 0 spiro atoms. The van der Waals surface area contributed by atoms with E-state index in [1.807, 2.05) is 0 Å². The Kier molecular flexibility index (Phi) is 3.91. The van der Waals surface area contributed by atoms with Crippen LogP contribution in [0.25, 0.3) is 11.0 Å². The zero-order valence-electron chi connectivity index (χ0n) is 12.5. The van der Waals surface area contributed by atoms with Crippen molar-refractivity contribution in [3.8, 4) is 0 Å². The van der Waals surface area contributed by atoms with Crippen LogP contribution >= 0.6 is 0 Å². The van der Waals surface area contributed by atoms with Gasteiger partial charge in [-0.1, -0.05) is 12.1 Å². The highest BCUT2D eigenvalue weighted by Gasteiger charge is 2.34. The van der Waals surface area contributed by atoms with Crippen LogP contribution in [0.1, 0.15) is 26.3 Å². The van der Waals surface area contributed by atoms with Crippen LogP contribution < -0.4 is 11.1 Å². The second-order valence-electron chi connectivity index (χ2n) is 5.18. The van der Waals surface area contributed by atoms with Crippen LogP contribution in [0.5, 0.6) is 0 Å². The molecule has 128 valence electrons. The number of hydrogen-bond acceptors (Lipinski definition) is 3. The Hall–Kier alpha value is -3.36. The van der Waals surface area contributed by atoms with Gasteiger partial charge >= 0.3 is 6.18 Å². The molecule has 1 aromatic heterocycles. The summed E-state index contributed by atoms with van der Waals surface area (Å²) >= 11 is 0. The third-order valence-corrected chi connectivity index (χ3v) is 3.52. The highest BCUT2D eigenvalue weighted by Crippen LogP contribution is 2.32. The third kappa shape index (κ3) is 3.16. The molecular weight excluding hydrogens is 337 g/mol. The molecular formula is C16H11F3N4O2. The molecule has 2 amide bonds. The Bertz CT molecular complexity index is 979. The van der Waals surface area contributed by atoms with Crippen LogP contribution in [0, 0.1) is 0 Å². The number of nitrogens with one attached hydrogen (secondary N) is 2. The number of benzene rings is 2. The molecule has 0 bridgehead atoms. The Morgan fingerprint density at radius 1 is 1.12 bits per heavy atom. The summed E-state index contributed by atoms with van der Waals surface area (Å²) in [6.07, 6.45) is -3.33. The first kappa shape index (κ1) is 16.5. The quantitative estimate of drug-likeness (QED) is 0.678. The van der Waals surface area contributed by atoms with Crippen LogP contribution in [0.15, 0.2) is 42.7 Å². The summed E-state index contributed by atoms with van der Waals surface area (Å²) in [6, 6.07) is 7.13. The zero-order chi connectivity index (χ0) is 18.2. The monoisotopic (exact) mass is 348 g/mol. The van der Waals surface area contributed by atoms with E-state index in [9.17, 15) is 22.8 Å². The molecule has 2 aromatic carbocycles. The van der Waals surface area contributed by atoms with E-state index in [0.717, 1.165) is 12.1 Å². The van der Waals surface area contributed by atoms with E-state index < -0.39 is 29.1 Å². The third-order valence-electron chi connectivity index (χ3n) is 3.52. The number of aromatic amines is 1. The summed E-state index contributed by atoms with van der Waals surface area (Å²) in [4.78, 5) is 30.5. The first-order valence-corrected chi connectivity index (χ1v) is 7.02. The van der Waals surface area contributed by atoms with Gasteiger partial charge in [0.05, 0.1) is 28.5 Å². The SMILES string of the molecule is NC(=O)c1cc(NC(=O)c2ccccc2C(F)(F)F)cc2[nH]cnc12. The van der Waals surface area contributed by atoms with E-state index in [1.54, 1.807) is 0 Å². The molecule has 1 heterocycles. The van der Waals surface area contributed by atoms with Crippen LogP contribution in [0.3, 0.4) is 0 Å². The molecule has 0 atom stereocenters. The lowest BCUT2D eigenvalue weighted by molar-refractivity contribution is -0.137. The molecule has 0 saturated heterocycles. The average Bonchev–Trinajstić information content (AvgIpc) is 3.01. The zero-order valence-corrected chi connectivity index (χ0v) is 12.5. The number of alkyl halides is 3. The second kappa shape index (κ2) is 5.93. The standard InChI is InChI=1S/C16H11F3N4O2/c17-16(18,19)11-4-2-1-3-9(11)15(25)23-8-5-10(14(20)24)13-12(6-8)21-7-22-13/h1-7H,(H2,20,24)(H,21,22)(H,23,25). The maximum absolute atomic E-state index is 13.0. The highest BCUT2D eigenvalue weighted by atomic mass is 19.4. The largest absolute Gasteiger partial charge is 0.417 e. The topological polar surface area (TPSA) is 101 Å². The minimum Gasteiger partial charge on any atom is -0.366 e. The molecule has 0 aliphatic rings. The number of rotatable bonds is 3. The molecule has 9 heteroatoms. The Morgan fingerprint density at radius 2 is 1.84 bits per heavy atom. The van der Waals surface area contributed by atoms with Crippen molar-refractivity contribution in [2.24, 2.45) is 5.73 Å². The Balaban J connectivity index is 2.00. The van der Waals surface area contributed by atoms with Crippen molar-refractivity contribution in [2.75, 3.05) is 5.32 Å². The van der Waals surface area contributed by atoms with Gasteiger partial charge in [-0.25, -0.2) is 4.98 Å². The molecule has 3 aromatic rings. The van der Waals surface area contributed by atoms with Crippen molar-refractivity contribution in [3.05, 3.63) is 59.4 Å². The lowest BCUT2D eigenvalue weighted by Gasteiger charge is -2.13. The lowest BCUT2D eigenvalue weighted by atomic mass is 10.1. The van der Waals surface area contributed by atoms with Crippen LogP contribution in [0.4, 0.5) is 18.9 Å². The summed E-state index contributed by atoms with van der Waals surface area (Å²) in [7, 11) is 0. The number of halogens is 3. The molecule has 6 nitrogen and oxygen atoms in total. The van der Waals surface area contributed by atoms with E-state index in [2.05, 4.69) is 15.3 Å². The van der Waals surface area contributed by atoms with Crippen molar-refractivity contribution in [1.82, 2.24) is 9.97 Å². The van der Waals surface area contributed by atoms with E-state index in [-0.39, 0.29) is 11.3 Å².